The first-order chi connectivity index (χ1) is 20.0. The number of fused-ring (bicyclic) bond motifs is 1. The van der Waals surface area contributed by atoms with Crippen molar-refractivity contribution in [3.8, 4) is 5.75 Å². The van der Waals surface area contributed by atoms with Crippen molar-refractivity contribution in [2.24, 2.45) is 0 Å². The predicted octanol–water partition coefficient (Wildman–Crippen LogP) is 5.24. The number of nitrogens with zero attached hydrogens (tertiary/aromatic N) is 3. The summed E-state index contributed by atoms with van der Waals surface area (Å²) in [5, 5.41) is 0.970. The van der Waals surface area contributed by atoms with E-state index < -0.39 is 0 Å². The molecule has 0 aliphatic carbocycles. The summed E-state index contributed by atoms with van der Waals surface area (Å²) in [6, 6.07) is 27.7. The van der Waals surface area contributed by atoms with Gasteiger partial charge in [-0.2, -0.15) is 0 Å². The van der Waals surface area contributed by atoms with Crippen LogP contribution in [0, 0.1) is 6.92 Å². The highest BCUT2D eigenvalue weighted by molar-refractivity contribution is 5.95. The van der Waals surface area contributed by atoms with Crippen LogP contribution in [0.15, 0.2) is 89.7 Å². The second kappa shape index (κ2) is 14.1. The number of hydrogen-bond donors (Lipinski definition) is 1. The Balaban J connectivity index is 1.08. The number of aromatic amines is 1. The second-order valence-corrected chi connectivity index (χ2v) is 10.8. The number of piperazine rings is 1. The molecule has 2 heterocycles. The number of carbonyl (C=O) groups excluding carboxylic acids is 1. The van der Waals surface area contributed by atoms with Crippen LogP contribution in [0.1, 0.15) is 30.4 Å². The third-order valence-electron chi connectivity index (χ3n) is 7.84. The van der Waals surface area contributed by atoms with Gasteiger partial charge in [0, 0.05) is 55.4 Å². The van der Waals surface area contributed by atoms with E-state index in [-0.39, 0.29) is 11.5 Å². The Kier molecular flexibility index (Phi) is 9.83. The molecule has 0 unspecified atom stereocenters. The Hall–Kier alpha value is -3.94. The molecule has 41 heavy (non-hydrogen) atoms. The first-order valence-corrected chi connectivity index (χ1v) is 14.7. The van der Waals surface area contributed by atoms with Crippen LogP contribution in [0.4, 0.5) is 5.69 Å². The minimum absolute atomic E-state index is 0.0956. The number of hydrogen-bond acceptors (Lipinski definition) is 5. The molecule has 0 radical (unpaired) electrons. The molecular formula is C34H40N4O3. The smallest absolute Gasteiger partial charge is 0.248 e. The number of aryl methyl sites for hydroxylation is 1. The zero-order valence-corrected chi connectivity index (χ0v) is 23.9. The molecule has 7 nitrogen and oxygen atoms in total. The molecule has 1 aliphatic rings. The van der Waals surface area contributed by atoms with E-state index >= 15 is 0 Å². The number of para-hydroxylation sites is 1. The van der Waals surface area contributed by atoms with E-state index in [0.29, 0.717) is 13.2 Å². The van der Waals surface area contributed by atoms with Gasteiger partial charge in [-0.3, -0.25) is 19.4 Å². The van der Waals surface area contributed by atoms with E-state index in [9.17, 15) is 9.59 Å². The Bertz CT molecular complexity index is 1490. The summed E-state index contributed by atoms with van der Waals surface area (Å²) in [6.07, 6.45) is 3.16. The van der Waals surface area contributed by atoms with E-state index in [1.165, 1.54) is 17.2 Å². The van der Waals surface area contributed by atoms with Gasteiger partial charge in [-0.15, -0.1) is 0 Å². The molecule has 4 aromatic rings. The highest BCUT2D eigenvalue weighted by atomic mass is 16.5. The lowest BCUT2D eigenvalue weighted by molar-refractivity contribution is -0.121. The third-order valence-corrected chi connectivity index (χ3v) is 7.84. The topological polar surface area (TPSA) is 68.9 Å². The van der Waals surface area contributed by atoms with Crippen LogP contribution in [-0.2, 0) is 11.3 Å². The fraction of sp³-hybridized carbons (Fsp3) is 0.353. The molecular weight excluding hydrogens is 512 g/mol. The molecule has 1 amide bonds. The summed E-state index contributed by atoms with van der Waals surface area (Å²) in [6.45, 7) is 8.68. The number of pyridine rings is 1. The van der Waals surface area contributed by atoms with Crippen LogP contribution in [0.25, 0.3) is 10.9 Å². The average Bonchev–Trinajstić information content (AvgIpc) is 2.99. The fourth-order valence-electron chi connectivity index (χ4n) is 5.40. The quantitative estimate of drug-likeness (QED) is 0.230. The summed E-state index contributed by atoms with van der Waals surface area (Å²) >= 11 is 0. The predicted molar refractivity (Wildman–Crippen MR) is 166 cm³/mol. The maximum Gasteiger partial charge on any atom is 0.248 e. The first kappa shape index (κ1) is 28.6. The van der Waals surface area contributed by atoms with Gasteiger partial charge in [-0.1, -0.05) is 42.5 Å². The molecule has 5 rings (SSSR count). The van der Waals surface area contributed by atoms with Gasteiger partial charge in [0.1, 0.15) is 5.75 Å². The van der Waals surface area contributed by atoms with Crippen molar-refractivity contribution in [3.63, 3.8) is 0 Å². The number of ether oxygens (including phenoxy) is 1. The Morgan fingerprint density at radius 3 is 2.51 bits per heavy atom. The summed E-state index contributed by atoms with van der Waals surface area (Å²) in [5.74, 6) is 1.00. The number of carbonyl (C=O) groups is 1. The molecule has 1 fully saturated rings. The highest BCUT2D eigenvalue weighted by Gasteiger charge is 2.25. The van der Waals surface area contributed by atoms with Crippen LogP contribution in [0.2, 0.25) is 0 Å². The van der Waals surface area contributed by atoms with Crippen molar-refractivity contribution in [1.82, 2.24) is 14.8 Å². The lowest BCUT2D eigenvalue weighted by atomic mass is 10.1. The molecule has 1 aliphatic heterocycles. The number of anilines is 1. The zero-order valence-electron chi connectivity index (χ0n) is 23.9. The van der Waals surface area contributed by atoms with Gasteiger partial charge in [0.25, 0.3) is 0 Å². The van der Waals surface area contributed by atoms with Crippen molar-refractivity contribution >= 4 is 22.5 Å². The molecule has 1 aromatic heterocycles. The van der Waals surface area contributed by atoms with Crippen molar-refractivity contribution < 1.29 is 9.53 Å². The molecule has 214 valence electrons. The Morgan fingerprint density at radius 1 is 0.854 bits per heavy atom. The maximum atomic E-state index is 12.9. The van der Waals surface area contributed by atoms with Gasteiger partial charge in [0.05, 0.1) is 13.2 Å². The number of amides is 1. The van der Waals surface area contributed by atoms with Crippen LogP contribution in [0.3, 0.4) is 0 Å². The molecule has 7 heteroatoms. The molecule has 0 bridgehead atoms. The van der Waals surface area contributed by atoms with Crippen molar-refractivity contribution in [2.45, 2.75) is 32.7 Å². The van der Waals surface area contributed by atoms with Gasteiger partial charge in [-0.25, -0.2) is 0 Å². The average molecular weight is 553 g/mol. The van der Waals surface area contributed by atoms with Crippen molar-refractivity contribution in [2.75, 3.05) is 50.8 Å². The summed E-state index contributed by atoms with van der Waals surface area (Å²) in [7, 11) is 0. The molecule has 1 saturated heterocycles. The number of rotatable bonds is 13. The molecule has 0 atom stereocenters. The number of H-pyrrole nitrogens is 1. The van der Waals surface area contributed by atoms with E-state index in [0.717, 1.165) is 80.9 Å². The van der Waals surface area contributed by atoms with Crippen LogP contribution in [0.5, 0.6) is 5.75 Å². The van der Waals surface area contributed by atoms with E-state index in [2.05, 4.69) is 46.0 Å². The van der Waals surface area contributed by atoms with Gasteiger partial charge in [0.15, 0.2) is 0 Å². The van der Waals surface area contributed by atoms with E-state index in [4.69, 9.17) is 4.74 Å². The summed E-state index contributed by atoms with van der Waals surface area (Å²) in [4.78, 5) is 33.9. The first-order valence-electron chi connectivity index (χ1n) is 14.7. The van der Waals surface area contributed by atoms with E-state index in [1.807, 2.05) is 59.5 Å². The van der Waals surface area contributed by atoms with Crippen molar-refractivity contribution in [1.29, 1.82) is 0 Å². The minimum atomic E-state index is -0.0956. The SMILES string of the molecule is Cc1ccccc1CN(CCCCCOc1ccc2[nH]c(=O)ccc2c1)CCN1CCN(c2ccccc2)C(=O)C1. The summed E-state index contributed by atoms with van der Waals surface area (Å²) in [5.41, 5.74) is 4.39. The number of unbranched alkanes of at least 4 members (excludes halogenated alkanes) is 2. The zero-order chi connectivity index (χ0) is 28.4. The van der Waals surface area contributed by atoms with Gasteiger partial charge >= 0.3 is 0 Å². The van der Waals surface area contributed by atoms with Crippen molar-refractivity contribution in [3.05, 3.63) is 106 Å². The van der Waals surface area contributed by atoms with Gasteiger partial charge in [-0.05, 0) is 80.3 Å². The fourth-order valence-corrected chi connectivity index (χ4v) is 5.40. The standard InChI is InChI=1S/C34H40N4O3/c1-27-10-6-7-11-29(27)25-36(19-20-37-21-22-38(34(40)26-37)30-12-4-2-5-13-30)18-8-3-9-23-41-31-15-16-32-28(24-31)14-17-33(39)35-32/h2,4-7,10-17,24H,3,8-9,18-23,25-26H2,1H3,(H,35,39). The van der Waals surface area contributed by atoms with Gasteiger partial charge in [0.2, 0.25) is 11.5 Å². The summed E-state index contributed by atoms with van der Waals surface area (Å²) < 4.78 is 5.99. The van der Waals surface area contributed by atoms with Gasteiger partial charge < -0.3 is 14.6 Å². The number of benzene rings is 3. The molecule has 0 spiro atoms. The second-order valence-electron chi connectivity index (χ2n) is 10.8. The lowest BCUT2D eigenvalue weighted by Gasteiger charge is -2.35. The maximum absolute atomic E-state index is 12.9. The molecule has 1 N–H and O–H groups in total. The molecule has 3 aromatic carbocycles. The Morgan fingerprint density at radius 2 is 1.68 bits per heavy atom. The normalized spacial score (nSPS) is 14.2. The number of nitrogens with one attached hydrogen (secondary N) is 1. The largest absolute Gasteiger partial charge is 0.494 e. The van der Waals surface area contributed by atoms with Crippen LogP contribution < -0.4 is 15.2 Å². The van der Waals surface area contributed by atoms with E-state index in [1.54, 1.807) is 0 Å². The van der Waals surface area contributed by atoms with Crippen LogP contribution in [-0.4, -0.2) is 66.6 Å². The van der Waals surface area contributed by atoms with Crippen LogP contribution >= 0.6 is 0 Å². The highest BCUT2D eigenvalue weighted by Crippen LogP contribution is 2.19. The molecule has 0 saturated carbocycles. The minimum Gasteiger partial charge on any atom is -0.494 e. The third kappa shape index (κ3) is 8.06. The Labute approximate surface area is 242 Å². The monoisotopic (exact) mass is 552 g/mol. The number of aromatic nitrogens is 1. The lowest BCUT2D eigenvalue weighted by Crippen LogP contribution is -2.52.